The van der Waals surface area contributed by atoms with Crippen molar-refractivity contribution in [1.82, 2.24) is 0 Å². The van der Waals surface area contributed by atoms with Gasteiger partial charge in [0.1, 0.15) is 11.5 Å². The zero-order valence-electron chi connectivity index (χ0n) is 10.8. The highest BCUT2D eigenvalue weighted by molar-refractivity contribution is 5.44. The van der Waals surface area contributed by atoms with Gasteiger partial charge in [-0.2, -0.15) is 26.3 Å². The van der Waals surface area contributed by atoms with E-state index in [0.29, 0.717) is 17.8 Å². The van der Waals surface area contributed by atoms with Crippen LogP contribution in [-0.2, 0) is 12.4 Å². The first-order valence-electron chi connectivity index (χ1n) is 5.88. The smallest absolute Gasteiger partial charge is 0.416 e. The molecule has 2 N–H and O–H groups in total. The van der Waals surface area contributed by atoms with Gasteiger partial charge in [0.05, 0.1) is 11.1 Å². The van der Waals surface area contributed by atoms with Crippen LogP contribution in [0.4, 0.5) is 32.0 Å². The summed E-state index contributed by atoms with van der Waals surface area (Å²) in [5, 5.41) is 0. The lowest BCUT2D eigenvalue weighted by Gasteiger charge is -2.14. The van der Waals surface area contributed by atoms with Crippen molar-refractivity contribution in [3.63, 3.8) is 0 Å². The molecule has 0 aromatic heterocycles. The maximum atomic E-state index is 12.7. The Morgan fingerprint density at radius 2 is 1.14 bits per heavy atom. The second-order valence-corrected chi connectivity index (χ2v) is 4.41. The van der Waals surface area contributed by atoms with E-state index in [0.717, 1.165) is 0 Å². The highest BCUT2D eigenvalue weighted by Gasteiger charge is 2.37. The summed E-state index contributed by atoms with van der Waals surface area (Å²) < 4.78 is 81.2. The maximum absolute atomic E-state index is 12.7. The second kappa shape index (κ2) is 5.43. The van der Waals surface area contributed by atoms with E-state index in [9.17, 15) is 26.3 Å². The molecule has 118 valence electrons. The lowest BCUT2D eigenvalue weighted by molar-refractivity contribution is -0.143. The van der Waals surface area contributed by atoms with Crippen LogP contribution in [0.2, 0.25) is 0 Å². The van der Waals surface area contributed by atoms with Crippen LogP contribution in [0, 0.1) is 0 Å². The largest absolute Gasteiger partial charge is 0.457 e. The van der Waals surface area contributed by atoms with Crippen LogP contribution < -0.4 is 10.5 Å². The topological polar surface area (TPSA) is 35.2 Å². The van der Waals surface area contributed by atoms with Crippen molar-refractivity contribution in [2.45, 2.75) is 12.4 Å². The Labute approximate surface area is 121 Å². The minimum atomic E-state index is -4.92. The van der Waals surface area contributed by atoms with E-state index in [1.54, 1.807) is 0 Å². The van der Waals surface area contributed by atoms with Crippen molar-refractivity contribution >= 4 is 5.69 Å². The number of nitrogen functional groups attached to an aromatic ring is 1. The molecule has 0 amide bonds. The van der Waals surface area contributed by atoms with Gasteiger partial charge in [0.25, 0.3) is 0 Å². The summed E-state index contributed by atoms with van der Waals surface area (Å²) in [4.78, 5) is 0. The Morgan fingerprint density at radius 1 is 0.682 bits per heavy atom. The number of ether oxygens (including phenoxy) is 1. The summed E-state index contributed by atoms with van der Waals surface area (Å²) >= 11 is 0. The summed E-state index contributed by atoms with van der Waals surface area (Å²) in [6, 6.07) is 6.54. The highest BCUT2D eigenvalue weighted by Crippen LogP contribution is 2.39. The van der Waals surface area contributed by atoms with Crippen LogP contribution >= 0.6 is 0 Å². The van der Waals surface area contributed by atoms with Crippen molar-refractivity contribution in [1.29, 1.82) is 0 Å². The van der Waals surface area contributed by atoms with Crippen molar-refractivity contribution in [3.8, 4) is 11.5 Å². The zero-order valence-corrected chi connectivity index (χ0v) is 10.8. The van der Waals surface area contributed by atoms with E-state index in [1.807, 2.05) is 0 Å². The average molecular weight is 321 g/mol. The Balaban J connectivity index is 2.44. The predicted molar refractivity (Wildman–Crippen MR) is 67.4 cm³/mol. The number of alkyl halides is 6. The molecule has 8 heteroatoms. The van der Waals surface area contributed by atoms with Crippen molar-refractivity contribution in [2.24, 2.45) is 0 Å². The Kier molecular flexibility index (Phi) is 3.95. The predicted octanol–water partition coefficient (Wildman–Crippen LogP) is 5.10. The van der Waals surface area contributed by atoms with Gasteiger partial charge in [-0.15, -0.1) is 0 Å². The Hall–Kier alpha value is -2.38. The molecule has 0 radical (unpaired) electrons. The fraction of sp³-hybridized carbons (Fsp3) is 0.143. The molecule has 2 nitrogen and oxygen atoms in total. The first kappa shape index (κ1) is 16.0. The summed E-state index contributed by atoms with van der Waals surface area (Å²) in [6.07, 6.45) is -9.83. The van der Waals surface area contributed by atoms with Gasteiger partial charge in [-0.3, -0.25) is 0 Å². The molecule has 0 unspecified atom stereocenters. The molecule has 2 rings (SSSR count). The van der Waals surface area contributed by atoms with Crippen LogP contribution in [0.3, 0.4) is 0 Å². The third kappa shape index (κ3) is 3.84. The van der Waals surface area contributed by atoms with Crippen LogP contribution in [0.1, 0.15) is 11.1 Å². The number of rotatable bonds is 2. The van der Waals surface area contributed by atoms with Gasteiger partial charge >= 0.3 is 12.4 Å². The Morgan fingerprint density at radius 3 is 1.55 bits per heavy atom. The summed E-state index contributed by atoms with van der Waals surface area (Å²) in [6.45, 7) is 0. The zero-order chi connectivity index (χ0) is 16.5. The number of hydrogen-bond acceptors (Lipinski definition) is 2. The van der Waals surface area contributed by atoms with E-state index in [-0.39, 0.29) is 11.8 Å². The van der Waals surface area contributed by atoms with E-state index >= 15 is 0 Å². The molecule has 0 aliphatic carbocycles. The van der Waals surface area contributed by atoms with Gasteiger partial charge in [0, 0.05) is 5.69 Å². The molecule has 2 aromatic rings. The molecule has 0 aliphatic heterocycles. The second-order valence-electron chi connectivity index (χ2n) is 4.41. The SMILES string of the molecule is Nc1ccc(Oc2cc(C(F)(F)F)cc(C(F)(F)F)c2)cc1. The first-order valence-corrected chi connectivity index (χ1v) is 5.88. The van der Waals surface area contributed by atoms with Gasteiger partial charge < -0.3 is 10.5 Å². The molecular formula is C14H9F6NO. The van der Waals surface area contributed by atoms with E-state index in [4.69, 9.17) is 10.5 Å². The molecular weight excluding hydrogens is 312 g/mol. The number of hydrogen-bond donors (Lipinski definition) is 1. The lowest BCUT2D eigenvalue weighted by Crippen LogP contribution is -2.11. The normalized spacial score (nSPS) is 12.3. The van der Waals surface area contributed by atoms with E-state index < -0.39 is 29.2 Å². The summed E-state index contributed by atoms with van der Waals surface area (Å²) in [5.41, 5.74) is 2.94. The van der Waals surface area contributed by atoms with Crippen LogP contribution in [0.25, 0.3) is 0 Å². The number of halogens is 6. The Bertz CT molecular complexity index is 628. The van der Waals surface area contributed by atoms with Gasteiger partial charge in [-0.05, 0) is 42.5 Å². The number of nitrogens with two attached hydrogens (primary N) is 1. The molecule has 2 aromatic carbocycles. The van der Waals surface area contributed by atoms with Crippen LogP contribution in [0.15, 0.2) is 42.5 Å². The lowest BCUT2D eigenvalue weighted by atomic mass is 10.1. The minimum absolute atomic E-state index is 0.0375. The molecule has 0 atom stereocenters. The quantitative estimate of drug-likeness (QED) is 0.617. The molecule has 0 bridgehead atoms. The highest BCUT2D eigenvalue weighted by atomic mass is 19.4. The molecule has 0 saturated carbocycles. The summed E-state index contributed by atoms with van der Waals surface area (Å²) in [7, 11) is 0. The third-order valence-corrected chi connectivity index (χ3v) is 2.68. The summed E-state index contributed by atoms with van der Waals surface area (Å²) in [5.74, 6) is -0.492. The molecule has 0 heterocycles. The molecule has 0 saturated heterocycles. The standard InChI is InChI=1S/C14H9F6NO/c15-13(16,17)8-5-9(14(18,19)20)7-12(6-8)22-11-3-1-10(21)2-4-11/h1-7H,21H2. The maximum Gasteiger partial charge on any atom is 0.416 e. The van der Waals surface area contributed by atoms with Gasteiger partial charge in [0.15, 0.2) is 0 Å². The van der Waals surface area contributed by atoms with E-state index in [2.05, 4.69) is 0 Å². The third-order valence-electron chi connectivity index (χ3n) is 2.68. The van der Waals surface area contributed by atoms with Gasteiger partial charge in [0.2, 0.25) is 0 Å². The van der Waals surface area contributed by atoms with Crippen molar-refractivity contribution in [3.05, 3.63) is 53.6 Å². The monoisotopic (exact) mass is 321 g/mol. The number of anilines is 1. The van der Waals surface area contributed by atoms with Crippen molar-refractivity contribution < 1.29 is 31.1 Å². The van der Waals surface area contributed by atoms with Gasteiger partial charge in [-0.25, -0.2) is 0 Å². The molecule has 0 spiro atoms. The fourth-order valence-corrected chi connectivity index (χ4v) is 1.66. The fourth-order valence-electron chi connectivity index (χ4n) is 1.66. The molecule has 0 fully saturated rings. The van der Waals surface area contributed by atoms with Crippen LogP contribution in [-0.4, -0.2) is 0 Å². The van der Waals surface area contributed by atoms with Gasteiger partial charge in [-0.1, -0.05) is 0 Å². The number of benzene rings is 2. The van der Waals surface area contributed by atoms with Crippen molar-refractivity contribution in [2.75, 3.05) is 5.73 Å². The minimum Gasteiger partial charge on any atom is -0.457 e. The first-order chi connectivity index (χ1) is 10.1. The van der Waals surface area contributed by atoms with E-state index in [1.165, 1.54) is 24.3 Å². The molecule has 0 aliphatic rings. The molecule has 22 heavy (non-hydrogen) atoms. The average Bonchev–Trinajstić information content (AvgIpc) is 2.39. The van der Waals surface area contributed by atoms with Crippen LogP contribution in [0.5, 0.6) is 11.5 Å².